The monoisotopic (exact) mass is 301 g/mol. The summed E-state index contributed by atoms with van der Waals surface area (Å²) in [6.07, 6.45) is 1.40. The van der Waals surface area contributed by atoms with Crippen molar-refractivity contribution in [1.29, 1.82) is 5.39 Å². The molecule has 0 atom stereocenters. The summed E-state index contributed by atoms with van der Waals surface area (Å²) in [7, 11) is 1.19. The molecule has 0 aliphatic heterocycles. The van der Waals surface area contributed by atoms with Gasteiger partial charge < -0.3 is 19.0 Å². The van der Waals surface area contributed by atoms with E-state index in [4.69, 9.17) is 9.15 Å². The summed E-state index contributed by atoms with van der Waals surface area (Å²) in [5.41, 5.74) is 0.106. The first-order valence-electron chi connectivity index (χ1n) is 6.26. The summed E-state index contributed by atoms with van der Waals surface area (Å²) in [5, 5.41) is 19.6. The molecule has 1 heterocycles. The zero-order valence-corrected chi connectivity index (χ0v) is 11.8. The van der Waals surface area contributed by atoms with Crippen molar-refractivity contribution in [2.45, 2.75) is 0 Å². The standard InChI is InChI=1S/C15H12N2O5/c1-3-8-21-14(18)12(17-16)11-9-6-4-5-7-10(9)22-13(11)15(19)20-2/h3-7H,1,8H2,2H3/p+1. The van der Waals surface area contributed by atoms with Crippen LogP contribution in [0.15, 0.2) is 47.3 Å². The Hall–Kier alpha value is -3.27. The minimum absolute atomic E-state index is 0.00576. The van der Waals surface area contributed by atoms with Gasteiger partial charge in [0.1, 0.15) is 17.8 Å². The molecular weight excluding hydrogens is 288 g/mol. The number of aliphatic hydroxyl groups excluding tert-OH is 1. The minimum Gasteiger partial charge on any atom is -0.475 e. The van der Waals surface area contributed by atoms with Crippen LogP contribution in [0.2, 0.25) is 0 Å². The fourth-order valence-corrected chi connectivity index (χ4v) is 1.92. The van der Waals surface area contributed by atoms with Crippen molar-refractivity contribution in [2.24, 2.45) is 0 Å². The summed E-state index contributed by atoms with van der Waals surface area (Å²) in [4.78, 5) is 14.9. The summed E-state index contributed by atoms with van der Waals surface area (Å²) < 4.78 is 15.0. The molecule has 7 heteroatoms. The molecule has 0 saturated heterocycles. The highest BCUT2D eigenvalue weighted by atomic mass is 16.6. The highest BCUT2D eigenvalue weighted by Crippen LogP contribution is 2.34. The van der Waals surface area contributed by atoms with Crippen LogP contribution >= 0.6 is 0 Å². The second kappa shape index (κ2) is 6.45. The lowest BCUT2D eigenvalue weighted by molar-refractivity contribution is 0.0567. The number of rotatable bonds is 5. The molecule has 1 aromatic carbocycles. The Morgan fingerprint density at radius 2 is 2.23 bits per heavy atom. The second-order valence-electron chi connectivity index (χ2n) is 4.15. The topological polar surface area (TPSA) is 97.1 Å². The van der Waals surface area contributed by atoms with Gasteiger partial charge in [-0.3, -0.25) is 0 Å². The zero-order chi connectivity index (χ0) is 16.1. The number of benzene rings is 1. The van der Waals surface area contributed by atoms with Crippen LogP contribution in [-0.2, 0) is 9.47 Å². The number of carbonyl (C=O) groups excluding carboxylic acids is 1. The molecule has 2 aromatic rings. The van der Waals surface area contributed by atoms with Crippen LogP contribution in [0.3, 0.4) is 0 Å². The van der Waals surface area contributed by atoms with E-state index < -0.39 is 11.9 Å². The Bertz CT molecular complexity index is 798. The van der Waals surface area contributed by atoms with Gasteiger partial charge in [0.2, 0.25) is 11.2 Å². The number of methoxy groups -OCH3 is 1. The predicted molar refractivity (Wildman–Crippen MR) is 78.3 cm³/mol. The SMILES string of the molecule is C=CCO/C(O)=C(\[N+]#N)c1c(C(=O)OC)oc2ccccc12. The molecule has 22 heavy (non-hydrogen) atoms. The van der Waals surface area contributed by atoms with Crippen molar-refractivity contribution in [3.05, 3.63) is 59.2 Å². The lowest BCUT2D eigenvalue weighted by Crippen LogP contribution is -2.04. The van der Waals surface area contributed by atoms with Crippen LogP contribution in [-0.4, -0.2) is 24.8 Å². The number of fused-ring (bicyclic) bond motifs is 1. The summed E-state index contributed by atoms with van der Waals surface area (Å²) in [6, 6.07) is 6.69. The quantitative estimate of drug-likeness (QED) is 0.393. The summed E-state index contributed by atoms with van der Waals surface area (Å²) in [6.45, 7) is 3.44. The molecule has 0 bridgehead atoms. The molecule has 0 unspecified atom stereocenters. The molecule has 0 amide bonds. The first-order valence-corrected chi connectivity index (χ1v) is 6.26. The van der Waals surface area contributed by atoms with Crippen LogP contribution in [0, 0.1) is 5.39 Å². The number of hydrogen-bond acceptors (Lipinski definition) is 6. The van der Waals surface area contributed by atoms with E-state index in [0.29, 0.717) is 11.0 Å². The number of aliphatic hydroxyl groups is 1. The summed E-state index contributed by atoms with van der Waals surface area (Å²) in [5.74, 6) is -1.65. The number of nitrogens with zero attached hydrogens (tertiary/aromatic N) is 2. The molecule has 112 valence electrons. The number of hydrogen-bond donors (Lipinski definition) is 1. The molecule has 0 aliphatic carbocycles. The number of carbonyl (C=O) groups is 1. The number of para-hydroxylation sites is 1. The van der Waals surface area contributed by atoms with Crippen LogP contribution in [0.4, 0.5) is 0 Å². The van der Waals surface area contributed by atoms with Crippen molar-refractivity contribution in [2.75, 3.05) is 13.7 Å². The van der Waals surface area contributed by atoms with Crippen molar-refractivity contribution in [3.63, 3.8) is 0 Å². The molecule has 7 nitrogen and oxygen atoms in total. The van der Waals surface area contributed by atoms with E-state index in [9.17, 15) is 15.3 Å². The molecule has 1 aromatic heterocycles. The number of ether oxygens (including phenoxy) is 2. The smallest absolute Gasteiger partial charge is 0.475 e. The van der Waals surface area contributed by atoms with Gasteiger partial charge in [0.25, 0.3) is 0 Å². The van der Waals surface area contributed by atoms with Crippen molar-refractivity contribution in [1.82, 2.24) is 0 Å². The Morgan fingerprint density at radius 1 is 1.50 bits per heavy atom. The molecule has 0 saturated carbocycles. The van der Waals surface area contributed by atoms with E-state index in [2.05, 4.69) is 16.3 Å². The highest BCUT2D eigenvalue weighted by molar-refractivity contribution is 6.03. The lowest BCUT2D eigenvalue weighted by Gasteiger charge is -1.99. The van der Waals surface area contributed by atoms with E-state index in [-0.39, 0.29) is 23.6 Å². The second-order valence-corrected chi connectivity index (χ2v) is 4.15. The zero-order valence-electron chi connectivity index (χ0n) is 11.8. The van der Waals surface area contributed by atoms with Crippen LogP contribution in [0.1, 0.15) is 16.1 Å². The largest absolute Gasteiger partial charge is 0.475 e. The van der Waals surface area contributed by atoms with E-state index >= 15 is 0 Å². The van der Waals surface area contributed by atoms with E-state index in [1.807, 2.05) is 0 Å². The fraction of sp³-hybridized carbons (Fsp3) is 0.133. The number of furan rings is 1. The normalized spacial score (nSPS) is 11.5. The van der Waals surface area contributed by atoms with E-state index in [1.54, 1.807) is 24.3 Å². The molecule has 0 aliphatic rings. The molecule has 0 fully saturated rings. The van der Waals surface area contributed by atoms with Crippen LogP contribution < -0.4 is 0 Å². The Labute approximate surface area is 125 Å². The molecule has 0 spiro atoms. The van der Waals surface area contributed by atoms with Gasteiger partial charge in [-0.15, -0.1) is 0 Å². The first kappa shape index (κ1) is 15.1. The molecule has 2 rings (SSSR count). The average Bonchev–Trinajstić information content (AvgIpc) is 2.92. The van der Waals surface area contributed by atoms with E-state index in [0.717, 1.165) is 0 Å². The van der Waals surface area contributed by atoms with Crippen molar-refractivity contribution < 1.29 is 23.8 Å². The van der Waals surface area contributed by atoms with Crippen LogP contribution in [0.5, 0.6) is 0 Å². The van der Waals surface area contributed by atoms with Gasteiger partial charge >= 0.3 is 17.6 Å². The first-order chi connectivity index (χ1) is 10.6. The van der Waals surface area contributed by atoms with Crippen molar-refractivity contribution >= 4 is 22.6 Å². The number of diazo groups is 1. The molecule has 0 radical (unpaired) electrons. The Morgan fingerprint density at radius 3 is 2.86 bits per heavy atom. The summed E-state index contributed by atoms with van der Waals surface area (Å²) >= 11 is 0. The van der Waals surface area contributed by atoms with Gasteiger partial charge in [-0.25, -0.2) is 4.79 Å². The van der Waals surface area contributed by atoms with Gasteiger partial charge in [0, 0.05) is 5.39 Å². The lowest BCUT2D eigenvalue weighted by atomic mass is 10.1. The third-order valence-corrected chi connectivity index (χ3v) is 2.84. The number of esters is 1. The minimum atomic E-state index is -0.774. The maximum atomic E-state index is 11.9. The third kappa shape index (κ3) is 2.62. The third-order valence-electron chi connectivity index (χ3n) is 2.84. The highest BCUT2D eigenvalue weighted by Gasteiger charge is 2.35. The van der Waals surface area contributed by atoms with Gasteiger partial charge in [-0.05, 0) is 6.07 Å². The van der Waals surface area contributed by atoms with Crippen molar-refractivity contribution in [3.8, 4) is 0 Å². The maximum absolute atomic E-state index is 11.9. The average molecular weight is 301 g/mol. The Kier molecular flexibility index (Phi) is 4.44. The molecular formula is C15H13N2O5+. The predicted octanol–water partition coefficient (Wildman–Crippen LogP) is 3.46. The molecule has 1 N–H and O–H groups in total. The van der Waals surface area contributed by atoms with Gasteiger partial charge in [0.05, 0.1) is 7.11 Å². The fourth-order valence-electron chi connectivity index (χ4n) is 1.92. The van der Waals surface area contributed by atoms with Gasteiger partial charge in [0.15, 0.2) is 4.98 Å². The Balaban J connectivity index is 2.73. The van der Waals surface area contributed by atoms with Gasteiger partial charge in [-0.1, -0.05) is 30.9 Å². The van der Waals surface area contributed by atoms with Crippen LogP contribution in [0.25, 0.3) is 21.6 Å². The van der Waals surface area contributed by atoms with Gasteiger partial charge in [-0.2, -0.15) is 0 Å². The van der Waals surface area contributed by atoms with E-state index in [1.165, 1.54) is 13.2 Å². The maximum Gasteiger partial charge on any atom is 0.475 e.